The first-order valence-electron chi connectivity index (χ1n) is 10.4. The van der Waals surface area contributed by atoms with Crippen molar-refractivity contribution in [3.05, 3.63) is 77.8 Å². The fraction of sp³-hybridized carbons (Fsp3) is 0.208. The highest BCUT2D eigenvalue weighted by atomic mass is 35.5. The molecule has 0 aliphatic carbocycles. The summed E-state index contributed by atoms with van der Waals surface area (Å²) in [5, 5.41) is 1.25. The SMILES string of the molecule is CCOc1cccc2sc(N(CCCn3ccnc3)C(=O)/C=C/c3ccccc3Cl)nc12. The van der Waals surface area contributed by atoms with Crippen LogP contribution in [0.3, 0.4) is 0 Å². The average molecular weight is 467 g/mol. The summed E-state index contributed by atoms with van der Waals surface area (Å²) in [4.78, 5) is 23.8. The molecule has 0 spiro atoms. The molecule has 0 radical (unpaired) electrons. The number of hydrogen-bond donors (Lipinski definition) is 0. The number of halogens is 1. The van der Waals surface area contributed by atoms with Crippen LogP contribution in [0.25, 0.3) is 16.3 Å². The van der Waals surface area contributed by atoms with Gasteiger partial charge < -0.3 is 9.30 Å². The van der Waals surface area contributed by atoms with Crippen molar-refractivity contribution in [1.82, 2.24) is 14.5 Å². The van der Waals surface area contributed by atoms with Crippen LogP contribution >= 0.6 is 22.9 Å². The summed E-state index contributed by atoms with van der Waals surface area (Å²) in [5.41, 5.74) is 1.57. The van der Waals surface area contributed by atoms with Gasteiger partial charge in [0.1, 0.15) is 11.3 Å². The molecule has 0 N–H and O–H groups in total. The van der Waals surface area contributed by atoms with Gasteiger partial charge in [0, 0.05) is 36.6 Å². The highest BCUT2D eigenvalue weighted by Crippen LogP contribution is 2.34. The molecule has 2 aromatic heterocycles. The van der Waals surface area contributed by atoms with Crippen molar-refractivity contribution in [1.29, 1.82) is 0 Å². The van der Waals surface area contributed by atoms with Crippen molar-refractivity contribution in [2.75, 3.05) is 18.1 Å². The Morgan fingerprint density at radius 2 is 2.12 bits per heavy atom. The van der Waals surface area contributed by atoms with Crippen LogP contribution in [0.1, 0.15) is 18.9 Å². The van der Waals surface area contributed by atoms with Gasteiger partial charge in [0.15, 0.2) is 5.13 Å². The predicted molar refractivity (Wildman–Crippen MR) is 130 cm³/mol. The Morgan fingerprint density at radius 3 is 2.91 bits per heavy atom. The van der Waals surface area contributed by atoms with Crippen molar-refractivity contribution in [2.24, 2.45) is 0 Å². The van der Waals surface area contributed by atoms with Crippen LogP contribution in [-0.4, -0.2) is 33.6 Å². The first kappa shape index (κ1) is 22.0. The van der Waals surface area contributed by atoms with Crippen molar-refractivity contribution < 1.29 is 9.53 Å². The van der Waals surface area contributed by atoms with E-state index in [1.54, 1.807) is 35.6 Å². The number of aryl methyl sites for hydroxylation is 1. The summed E-state index contributed by atoms with van der Waals surface area (Å²) in [6.07, 6.45) is 9.49. The molecule has 4 rings (SSSR count). The van der Waals surface area contributed by atoms with E-state index >= 15 is 0 Å². The third-order valence-electron chi connectivity index (χ3n) is 4.84. The monoisotopic (exact) mass is 466 g/mol. The average Bonchev–Trinajstić information content (AvgIpc) is 3.46. The number of thiazole rings is 1. The minimum Gasteiger partial charge on any atom is -0.492 e. The Balaban J connectivity index is 1.61. The zero-order valence-corrected chi connectivity index (χ0v) is 19.2. The molecule has 0 aliphatic rings. The van der Waals surface area contributed by atoms with E-state index in [1.165, 1.54) is 11.3 Å². The second-order valence-corrected chi connectivity index (χ2v) is 8.45. The molecule has 0 bridgehead atoms. The zero-order chi connectivity index (χ0) is 22.3. The van der Waals surface area contributed by atoms with E-state index in [2.05, 4.69) is 4.98 Å². The summed E-state index contributed by atoms with van der Waals surface area (Å²) < 4.78 is 8.70. The van der Waals surface area contributed by atoms with Crippen LogP contribution in [0, 0.1) is 0 Å². The standard InChI is InChI=1S/C24H23ClN4O2S/c1-2-31-20-9-5-10-21-23(20)27-24(32-21)29(15-6-14-28-16-13-26-17-28)22(30)12-11-18-7-3-4-8-19(18)25/h3-5,7-13,16-17H,2,6,14-15H2,1H3/b12-11+. The van der Waals surface area contributed by atoms with E-state index in [0.29, 0.717) is 23.3 Å². The molecule has 0 unspecified atom stereocenters. The van der Waals surface area contributed by atoms with E-state index in [-0.39, 0.29) is 5.91 Å². The van der Waals surface area contributed by atoms with Crippen LogP contribution < -0.4 is 9.64 Å². The fourth-order valence-electron chi connectivity index (χ4n) is 3.29. The molecule has 0 saturated carbocycles. The number of nitrogens with zero attached hydrogens (tertiary/aromatic N) is 4. The fourth-order valence-corrected chi connectivity index (χ4v) is 4.50. The Labute approximate surface area is 195 Å². The number of carbonyl (C=O) groups is 1. The normalized spacial score (nSPS) is 11.3. The number of anilines is 1. The molecular weight excluding hydrogens is 444 g/mol. The van der Waals surface area contributed by atoms with Gasteiger partial charge in [0.2, 0.25) is 0 Å². The molecule has 164 valence electrons. The number of hydrogen-bond acceptors (Lipinski definition) is 5. The topological polar surface area (TPSA) is 60.2 Å². The maximum absolute atomic E-state index is 13.2. The van der Waals surface area contributed by atoms with Gasteiger partial charge in [0.25, 0.3) is 5.91 Å². The van der Waals surface area contributed by atoms with Gasteiger partial charge in [-0.2, -0.15) is 0 Å². The number of imidazole rings is 1. The Hall–Kier alpha value is -3.16. The second-order valence-electron chi connectivity index (χ2n) is 7.03. The molecular formula is C24H23ClN4O2S. The number of aromatic nitrogens is 3. The minimum atomic E-state index is -0.146. The van der Waals surface area contributed by atoms with E-state index in [1.807, 2.05) is 54.1 Å². The van der Waals surface area contributed by atoms with Crippen molar-refractivity contribution in [3.8, 4) is 5.75 Å². The third-order valence-corrected chi connectivity index (χ3v) is 6.22. The molecule has 0 aliphatic heterocycles. The lowest BCUT2D eigenvalue weighted by Crippen LogP contribution is -2.30. The Bertz CT molecular complexity index is 1220. The van der Waals surface area contributed by atoms with Gasteiger partial charge in [-0.25, -0.2) is 9.97 Å². The predicted octanol–water partition coefficient (Wildman–Crippen LogP) is 5.68. The van der Waals surface area contributed by atoms with Gasteiger partial charge in [-0.15, -0.1) is 0 Å². The quantitative estimate of drug-likeness (QED) is 0.298. The smallest absolute Gasteiger partial charge is 0.252 e. The third kappa shape index (κ3) is 5.18. The lowest BCUT2D eigenvalue weighted by molar-refractivity contribution is -0.114. The summed E-state index contributed by atoms with van der Waals surface area (Å²) in [5.74, 6) is 0.581. The summed E-state index contributed by atoms with van der Waals surface area (Å²) >= 11 is 7.72. The summed E-state index contributed by atoms with van der Waals surface area (Å²) in [7, 11) is 0. The van der Waals surface area contributed by atoms with Crippen LogP contribution in [0.5, 0.6) is 5.75 Å². The van der Waals surface area contributed by atoms with Gasteiger partial charge >= 0.3 is 0 Å². The number of carbonyl (C=O) groups excluding carboxylic acids is 1. The molecule has 6 nitrogen and oxygen atoms in total. The summed E-state index contributed by atoms with van der Waals surface area (Å²) in [6, 6.07) is 13.3. The first-order chi connectivity index (χ1) is 15.7. The minimum absolute atomic E-state index is 0.146. The first-order valence-corrected chi connectivity index (χ1v) is 11.6. The maximum Gasteiger partial charge on any atom is 0.252 e. The van der Waals surface area contributed by atoms with E-state index < -0.39 is 0 Å². The number of fused-ring (bicyclic) bond motifs is 1. The van der Waals surface area contributed by atoms with Crippen molar-refractivity contribution in [2.45, 2.75) is 19.9 Å². The molecule has 2 heterocycles. The highest BCUT2D eigenvalue weighted by molar-refractivity contribution is 7.22. The van der Waals surface area contributed by atoms with Crippen molar-refractivity contribution >= 4 is 50.3 Å². The number of para-hydroxylation sites is 1. The maximum atomic E-state index is 13.2. The number of amides is 1. The lowest BCUT2D eigenvalue weighted by Gasteiger charge is -2.18. The molecule has 2 aromatic carbocycles. The molecule has 0 saturated heterocycles. The lowest BCUT2D eigenvalue weighted by atomic mass is 10.2. The van der Waals surface area contributed by atoms with Crippen LogP contribution in [0.2, 0.25) is 5.02 Å². The van der Waals surface area contributed by atoms with Crippen LogP contribution in [0.4, 0.5) is 5.13 Å². The second kappa shape index (κ2) is 10.4. The van der Waals surface area contributed by atoms with Gasteiger partial charge in [-0.05, 0) is 43.2 Å². The van der Waals surface area contributed by atoms with Gasteiger partial charge in [-0.3, -0.25) is 9.69 Å². The van der Waals surface area contributed by atoms with E-state index in [0.717, 1.165) is 34.5 Å². The largest absolute Gasteiger partial charge is 0.492 e. The molecule has 32 heavy (non-hydrogen) atoms. The van der Waals surface area contributed by atoms with E-state index in [4.69, 9.17) is 21.3 Å². The van der Waals surface area contributed by atoms with Crippen LogP contribution in [-0.2, 0) is 11.3 Å². The Morgan fingerprint density at radius 1 is 1.25 bits per heavy atom. The van der Waals surface area contributed by atoms with Gasteiger partial charge in [-0.1, -0.05) is 47.2 Å². The zero-order valence-electron chi connectivity index (χ0n) is 17.6. The molecule has 1 amide bonds. The molecule has 4 aromatic rings. The molecule has 0 atom stereocenters. The Kier molecular flexibility index (Phi) is 7.19. The van der Waals surface area contributed by atoms with Gasteiger partial charge in [0.05, 0.1) is 17.6 Å². The number of ether oxygens (including phenoxy) is 1. The number of rotatable bonds is 9. The molecule has 8 heteroatoms. The van der Waals surface area contributed by atoms with E-state index in [9.17, 15) is 4.79 Å². The number of benzene rings is 2. The van der Waals surface area contributed by atoms with Crippen LogP contribution in [0.15, 0.2) is 67.3 Å². The summed E-state index contributed by atoms with van der Waals surface area (Å²) in [6.45, 7) is 3.78. The molecule has 0 fully saturated rings. The highest BCUT2D eigenvalue weighted by Gasteiger charge is 2.19. The van der Waals surface area contributed by atoms with Crippen molar-refractivity contribution in [3.63, 3.8) is 0 Å².